The van der Waals surface area contributed by atoms with Crippen LogP contribution in [-0.4, -0.2) is 9.55 Å². The van der Waals surface area contributed by atoms with Crippen molar-refractivity contribution < 1.29 is 0 Å². The molecule has 0 fully saturated rings. The van der Waals surface area contributed by atoms with E-state index in [9.17, 15) is 0 Å². The molecule has 10 rings (SSSR count). The minimum absolute atomic E-state index is 0.914. The number of hydrogen-bond acceptors (Lipinski definition) is 1. The minimum Gasteiger partial charge on any atom is -0.292 e. The Hall–Kier alpha value is -7.29. The molecule has 0 amide bonds. The molecular formula is C54H38N2. The first-order valence-corrected chi connectivity index (χ1v) is 19.2. The highest BCUT2D eigenvalue weighted by molar-refractivity contribution is 6.12. The van der Waals surface area contributed by atoms with Crippen molar-refractivity contribution >= 4 is 55.0 Å². The second kappa shape index (κ2) is 13.8. The third-order valence-electron chi connectivity index (χ3n) is 11.2. The Morgan fingerprint density at radius 1 is 0.518 bits per heavy atom. The van der Waals surface area contributed by atoms with Crippen LogP contribution >= 0.6 is 0 Å². The summed E-state index contributed by atoms with van der Waals surface area (Å²) >= 11 is 0. The number of nitrogens with zero attached hydrogens (tertiary/aromatic N) is 2. The normalized spacial score (nSPS) is 11.8. The topological polar surface area (TPSA) is 17.8 Å². The van der Waals surface area contributed by atoms with E-state index < -0.39 is 0 Å². The van der Waals surface area contributed by atoms with Crippen LogP contribution < -0.4 is 0 Å². The van der Waals surface area contributed by atoms with Crippen LogP contribution in [0.3, 0.4) is 0 Å². The number of hydrogen-bond donors (Lipinski definition) is 0. The summed E-state index contributed by atoms with van der Waals surface area (Å²) in [6, 6.07) is 67.4. The zero-order valence-corrected chi connectivity index (χ0v) is 31.2. The number of imidazole rings is 1. The number of rotatable bonds is 7. The van der Waals surface area contributed by atoms with Crippen LogP contribution in [0.2, 0.25) is 0 Å². The molecule has 0 aliphatic heterocycles. The first kappa shape index (κ1) is 33.3. The van der Waals surface area contributed by atoms with E-state index in [1.807, 2.05) is 18.2 Å². The minimum atomic E-state index is 0.914. The van der Waals surface area contributed by atoms with Gasteiger partial charge in [0.15, 0.2) is 0 Å². The molecule has 0 aliphatic rings. The molecule has 2 nitrogen and oxygen atoms in total. The molecule has 0 saturated heterocycles. The van der Waals surface area contributed by atoms with Gasteiger partial charge in [-0.05, 0) is 126 Å². The maximum absolute atomic E-state index is 5.11. The van der Waals surface area contributed by atoms with Gasteiger partial charge in [-0.25, -0.2) is 4.98 Å². The summed E-state index contributed by atoms with van der Waals surface area (Å²) in [5.41, 5.74) is 13.6. The van der Waals surface area contributed by atoms with E-state index in [0.29, 0.717) is 0 Å². The molecule has 0 saturated carbocycles. The molecule has 0 atom stereocenters. The Bertz CT molecular complexity index is 3150. The molecule has 264 valence electrons. The van der Waals surface area contributed by atoms with Crippen molar-refractivity contribution in [1.82, 2.24) is 9.55 Å². The second-order valence-electron chi connectivity index (χ2n) is 14.4. The Labute approximate surface area is 327 Å². The zero-order chi connectivity index (χ0) is 37.6. The predicted octanol–water partition coefficient (Wildman–Crippen LogP) is 14.5. The summed E-state index contributed by atoms with van der Waals surface area (Å²) in [6.07, 6.45) is 4.33. The highest BCUT2D eigenvalue weighted by atomic mass is 15.1. The van der Waals surface area contributed by atoms with Crippen molar-refractivity contribution in [3.8, 4) is 39.3 Å². The van der Waals surface area contributed by atoms with Crippen molar-refractivity contribution in [3.05, 3.63) is 217 Å². The average molecular weight is 715 g/mol. The molecule has 0 bridgehead atoms. The third-order valence-corrected chi connectivity index (χ3v) is 11.2. The van der Waals surface area contributed by atoms with Crippen LogP contribution in [-0.2, 0) is 0 Å². The van der Waals surface area contributed by atoms with Crippen molar-refractivity contribution in [3.63, 3.8) is 0 Å². The lowest BCUT2D eigenvalue weighted by molar-refractivity contribution is 1.10. The van der Waals surface area contributed by atoms with Gasteiger partial charge in [0, 0.05) is 11.3 Å². The van der Waals surface area contributed by atoms with E-state index in [1.54, 1.807) is 0 Å². The van der Waals surface area contributed by atoms with Gasteiger partial charge in [0.1, 0.15) is 5.82 Å². The highest BCUT2D eigenvalue weighted by Crippen LogP contribution is 2.44. The molecule has 1 heterocycles. The summed E-state index contributed by atoms with van der Waals surface area (Å²) in [6.45, 7) is 6.65. The molecule has 0 radical (unpaired) electrons. The van der Waals surface area contributed by atoms with E-state index in [0.717, 1.165) is 39.2 Å². The van der Waals surface area contributed by atoms with E-state index >= 15 is 0 Å². The fourth-order valence-electron chi connectivity index (χ4n) is 8.43. The monoisotopic (exact) mass is 714 g/mol. The van der Waals surface area contributed by atoms with Crippen LogP contribution in [0.5, 0.6) is 0 Å². The van der Waals surface area contributed by atoms with E-state index in [2.05, 4.69) is 200 Å². The molecule has 0 unspecified atom stereocenters. The summed E-state index contributed by atoms with van der Waals surface area (Å²) in [7, 11) is 0. The SMILES string of the molecule is C=C/C(=C\c1c(C)c(-c2ccc3ccccc3c2)c2ccccc2c1-c1ccc2ccccc2c1)c1ccc(-c2nc3ccccc3n2-c2ccccc2)cc1. The molecule has 9 aromatic carbocycles. The molecule has 1 aromatic heterocycles. The fourth-order valence-corrected chi connectivity index (χ4v) is 8.43. The molecule has 0 N–H and O–H groups in total. The van der Waals surface area contributed by atoms with Gasteiger partial charge in [-0.3, -0.25) is 4.57 Å². The number of para-hydroxylation sites is 3. The van der Waals surface area contributed by atoms with Crippen molar-refractivity contribution in [2.24, 2.45) is 0 Å². The number of fused-ring (bicyclic) bond motifs is 4. The van der Waals surface area contributed by atoms with Crippen LogP contribution in [0.1, 0.15) is 16.7 Å². The van der Waals surface area contributed by atoms with Crippen LogP contribution in [0.15, 0.2) is 201 Å². The lowest BCUT2D eigenvalue weighted by Crippen LogP contribution is -1.98. The maximum Gasteiger partial charge on any atom is 0.145 e. The van der Waals surface area contributed by atoms with Gasteiger partial charge in [0.25, 0.3) is 0 Å². The number of allylic oxidation sites excluding steroid dienone is 2. The Balaban J connectivity index is 1.18. The van der Waals surface area contributed by atoms with Crippen molar-refractivity contribution in [2.45, 2.75) is 6.92 Å². The summed E-state index contributed by atoms with van der Waals surface area (Å²) in [5, 5.41) is 7.39. The first-order valence-electron chi connectivity index (χ1n) is 19.2. The van der Waals surface area contributed by atoms with Gasteiger partial charge in [0.05, 0.1) is 11.0 Å². The third kappa shape index (κ3) is 5.71. The van der Waals surface area contributed by atoms with E-state index in [-0.39, 0.29) is 0 Å². The molecule has 2 heteroatoms. The highest BCUT2D eigenvalue weighted by Gasteiger charge is 2.20. The van der Waals surface area contributed by atoms with Crippen molar-refractivity contribution in [1.29, 1.82) is 0 Å². The Morgan fingerprint density at radius 2 is 1.05 bits per heavy atom. The molecule has 0 aliphatic carbocycles. The number of aromatic nitrogens is 2. The van der Waals surface area contributed by atoms with Crippen LogP contribution in [0.25, 0.3) is 94.3 Å². The molecule has 10 aromatic rings. The summed E-state index contributed by atoms with van der Waals surface area (Å²) in [5.74, 6) is 0.914. The molecule has 0 spiro atoms. The van der Waals surface area contributed by atoms with E-state index in [4.69, 9.17) is 4.98 Å². The largest absolute Gasteiger partial charge is 0.292 e. The molecule has 56 heavy (non-hydrogen) atoms. The fraction of sp³-hybridized carbons (Fsp3) is 0.0185. The van der Waals surface area contributed by atoms with Gasteiger partial charge >= 0.3 is 0 Å². The van der Waals surface area contributed by atoms with Gasteiger partial charge < -0.3 is 0 Å². The van der Waals surface area contributed by atoms with Gasteiger partial charge in [0.2, 0.25) is 0 Å². The lowest BCUT2D eigenvalue weighted by atomic mass is 9.82. The predicted molar refractivity (Wildman–Crippen MR) is 239 cm³/mol. The Morgan fingerprint density at radius 3 is 1.71 bits per heavy atom. The lowest BCUT2D eigenvalue weighted by Gasteiger charge is -2.21. The van der Waals surface area contributed by atoms with Crippen molar-refractivity contribution in [2.75, 3.05) is 0 Å². The van der Waals surface area contributed by atoms with Gasteiger partial charge in [-0.15, -0.1) is 0 Å². The molecular weight excluding hydrogens is 677 g/mol. The smallest absolute Gasteiger partial charge is 0.145 e. The average Bonchev–Trinajstić information content (AvgIpc) is 3.65. The number of benzene rings is 9. The van der Waals surface area contributed by atoms with E-state index in [1.165, 1.54) is 65.7 Å². The summed E-state index contributed by atoms with van der Waals surface area (Å²) in [4.78, 5) is 5.11. The first-order chi connectivity index (χ1) is 27.6. The Kier molecular flexibility index (Phi) is 8.23. The van der Waals surface area contributed by atoms with Crippen LogP contribution in [0, 0.1) is 6.92 Å². The maximum atomic E-state index is 5.11. The van der Waals surface area contributed by atoms with Crippen LogP contribution in [0.4, 0.5) is 0 Å². The quantitative estimate of drug-likeness (QED) is 0.119. The van der Waals surface area contributed by atoms with Gasteiger partial charge in [-0.2, -0.15) is 0 Å². The van der Waals surface area contributed by atoms with Gasteiger partial charge in [-0.1, -0.05) is 164 Å². The summed E-state index contributed by atoms with van der Waals surface area (Å²) < 4.78 is 2.25. The zero-order valence-electron chi connectivity index (χ0n) is 31.2. The second-order valence-corrected chi connectivity index (χ2v) is 14.4. The standard InChI is InChI=1S/C54H38N2/c1-3-37(40-25-29-41(30-26-40)54-55-50-23-13-14-24-51(50)56(54)46-19-5-4-6-20-46)35-49-36(2)52(44-31-27-38-15-7-9-17-42(38)33-44)47-21-11-12-22-48(47)53(49)45-32-28-39-16-8-10-18-43(39)34-45/h3-35H,1H2,2H3/b37-35+.